The molecule has 0 radical (unpaired) electrons. The average Bonchev–Trinajstić information content (AvgIpc) is 3.66. The van der Waals surface area contributed by atoms with Gasteiger partial charge in [0.2, 0.25) is 0 Å². The lowest BCUT2D eigenvalue weighted by Gasteiger charge is -2.37. The number of benzene rings is 2. The molecule has 0 aliphatic carbocycles. The van der Waals surface area contributed by atoms with Gasteiger partial charge in [0.25, 0.3) is 0 Å². The molecule has 4 heterocycles. The molecule has 2 aromatic carbocycles. The summed E-state index contributed by atoms with van der Waals surface area (Å²) in [6, 6.07) is 14.0. The fourth-order valence-corrected chi connectivity index (χ4v) is 5.41. The van der Waals surface area contributed by atoms with E-state index >= 15 is 0 Å². The zero-order chi connectivity index (χ0) is 27.6. The SMILES string of the molecule is COC(=O)[C@@H]1CC[C@@H](c2cn(-c3ccc4[nH]nc(-c5ccncc5)c4c3)nn2)CN1Cc1c(F)cccc1OC. The lowest BCUT2D eigenvalue weighted by atomic mass is 9.90. The van der Waals surface area contributed by atoms with E-state index in [1.54, 1.807) is 29.2 Å². The Morgan fingerprint density at radius 1 is 1.12 bits per heavy atom. The van der Waals surface area contributed by atoms with Gasteiger partial charge in [0.1, 0.15) is 23.3 Å². The van der Waals surface area contributed by atoms with Crippen LogP contribution in [-0.2, 0) is 16.1 Å². The van der Waals surface area contributed by atoms with Crippen LogP contribution in [0.4, 0.5) is 4.39 Å². The minimum atomic E-state index is -0.490. The number of fused-ring (bicyclic) bond motifs is 1. The summed E-state index contributed by atoms with van der Waals surface area (Å²) in [6.45, 7) is 0.693. The third-order valence-corrected chi connectivity index (χ3v) is 7.51. The monoisotopic (exact) mass is 541 g/mol. The van der Waals surface area contributed by atoms with Crippen molar-refractivity contribution in [1.82, 2.24) is 35.1 Å². The van der Waals surface area contributed by atoms with Crippen LogP contribution < -0.4 is 4.74 Å². The van der Waals surface area contributed by atoms with Crippen LogP contribution in [-0.4, -0.2) is 67.9 Å². The normalized spacial score (nSPS) is 17.7. The number of aromatic amines is 1. The smallest absolute Gasteiger partial charge is 0.323 e. The molecule has 1 aliphatic heterocycles. The number of likely N-dealkylation sites (tertiary alicyclic amines) is 1. The summed E-state index contributed by atoms with van der Waals surface area (Å²) in [5.41, 5.74) is 4.76. The first-order valence-corrected chi connectivity index (χ1v) is 13.0. The molecule has 1 aliphatic rings. The van der Waals surface area contributed by atoms with Crippen molar-refractivity contribution in [2.45, 2.75) is 31.3 Å². The van der Waals surface area contributed by atoms with Crippen molar-refractivity contribution in [3.8, 4) is 22.7 Å². The van der Waals surface area contributed by atoms with E-state index in [0.717, 1.165) is 40.0 Å². The standard InChI is InChI=1S/C29H28FN7O3/c1-39-27-5-3-4-23(30)22(27)16-36-15-19(6-9-26(36)29(38)40-2)25-17-37(35-33-25)20-7-8-24-21(14-20)28(34-32-24)18-10-12-31-13-11-18/h3-5,7-8,10-14,17,19,26H,6,9,15-16H2,1-2H3,(H,32,34)/t19-,26+/m1/s1. The van der Waals surface area contributed by atoms with Crippen molar-refractivity contribution in [1.29, 1.82) is 0 Å². The van der Waals surface area contributed by atoms with Crippen LogP contribution in [0, 0.1) is 5.82 Å². The van der Waals surface area contributed by atoms with Gasteiger partial charge in [-0.3, -0.25) is 19.8 Å². The Hall–Kier alpha value is -4.64. The number of hydrogen-bond acceptors (Lipinski definition) is 8. The van der Waals surface area contributed by atoms with Crippen LogP contribution in [0.1, 0.15) is 30.0 Å². The molecule has 204 valence electrons. The van der Waals surface area contributed by atoms with Gasteiger partial charge in [0.05, 0.1) is 37.3 Å². The van der Waals surface area contributed by atoms with Gasteiger partial charge < -0.3 is 9.47 Å². The number of methoxy groups -OCH3 is 2. The van der Waals surface area contributed by atoms with E-state index in [4.69, 9.17) is 9.47 Å². The maximum atomic E-state index is 14.8. The molecule has 0 bridgehead atoms. The third-order valence-electron chi connectivity index (χ3n) is 7.51. The Bertz CT molecular complexity index is 1650. The molecule has 40 heavy (non-hydrogen) atoms. The number of halogens is 1. The van der Waals surface area contributed by atoms with Crippen molar-refractivity contribution in [2.75, 3.05) is 20.8 Å². The van der Waals surface area contributed by atoms with Crippen molar-refractivity contribution < 1.29 is 18.7 Å². The first-order chi connectivity index (χ1) is 19.6. The van der Waals surface area contributed by atoms with Gasteiger partial charge in [-0.2, -0.15) is 5.10 Å². The number of carbonyl (C=O) groups is 1. The highest BCUT2D eigenvalue weighted by atomic mass is 19.1. The van der Waals surface area contributed by atoms with Crippen molar-refractivity contribution in [2.24, 2.45) is 0 Å². The Morgan fingerprint density at radius 2 is 1.98 bits per heavy atom. The van der Waals surface area contributed by atoms with Crippen LogP contribution >= 0.6 is 0 Å². The second kappa shape index (κ2) is 10.9. The van der Waals surface area contributed by atoms with E-state index in [2.05, 4.69) is 25.5 Å². The van der Waals surface area contributed by atoms with Crippen LogP contribution in [0.2, 0.25) is 0 Å². The predicted molar refractivity (Wildman–Crippen MR) is 145 cm³/mol. The van der Waals surface area contributed by atoms with E-state index in [0.29, 0.717) is 24.3 Å². The molecule has 1 fully saturated rings. The van der Waals surface area contributed by atoms with E-state index in [-0.39, 0.29) is 24.2 Å². The Kier molecular flexibility index (Phi) is 6.95. The number of aromatic nitrogens is 6. The number of nitrogens with one attached hydrogen (secondary N) is 1. The summed E-state index contributed by atoms with van der Waals surface area (Å²) in [6.07, 6.45) is 6.67. The molecule has 1 saturated heterocycles. The highest BCUT2D eigenvalue weighted by Gasteiger charge is 2.36. The molecule has 0 saturated carbocycles. The maximum Gasteiger partial charge on any atom is 0.323 e. The molecular formula is C29H28FN7O3. The molecule has 3 aromatic heterocycles. The fourth-order valence-electron chi connectivity index (χ4n) is 5.41. The topological polar surface area (TPSA) is 111 Å². The summed E-state index contributed by atoms with van der Waals surface area (Å²) >= 11 is 0. The summed E-state index contributed by atoms with van der Waals surface area (Å²) in [5, 5.41) is 17.4. The van der Waals surface area contributed by atoms with Crippen LogP contribution in [0.3, 0.4) is 0 Å². The molecule has 10 nitrogen and oxygen atoms in total. The first-order valence-electron chi connectivity index (χ1n) is 13.0. The molecule has 1 N–H and O–H groups in total. The number of esters is 1. The predicted octanol–water partition coefficient (Wildman–Crippen LogP) is 4.27. The molecular weight excluding hydrogens is 513 g/mol. The Labute approximate surface area is 229 Å². The van der Waals surface area contributed by atoms with E-state index in [1.165, 1.54) is 20.3 Å². The van der Waals surface area contributed by atoms with E-state index in [9.17, 15) is 9.18 Å². The van der Waals surface area contributed by atoms with Gasteiger partial charge in [-0.1, -0.05) is 11.3 Å². The van der Waals surface area contributed by atoms with Gasteiger partial charge in [0, 0.05) is 47.9 Å². The summed E-state index contributed by atoms with van der Waals surface area (Å²) in [4.78, 5) is 18.7. The Balaban J connectivity index is 1.27. The van der Waals surface area contributed by atoms with Crippen molar-refractivity contribution in [3.05, 3.63) is 84.2 Å². The molecule has 0 amide bonds. The van der Waals surface area contributed by atoms with Gasteiger partial charge in [0.15, 0.2) is 0 Å². The van der Waals surface area contributed by atoms with Gasteiger partial charge in [-0.25, -0.2) is 9.07 Å². The lowest BCUT2D eigenvalue weighted by molar-refractivity contribution is -0.148. The second-order valence-electron chi connectivity index (χ2n) is 9.79. The third kappa shape index (κ3) is 4.79. The number of carbonyl (C=O) groups excluding carboxylic acids is 1. The van der Waals surface area contributed by atoms with Crippen LogP contribution in [0.25, 0.3) is 27.8 Å². The second-order valence-corrected chi connectivity index (χ2v) is 9.79. The van der Waals surface area contributed by atoms with E-state index in [1.807, 2.05) is 41.4 Å². The molecule has 0 unspecified atom stereocenters. The summed E-state index contributed by atoms with van der Waals surface area (Å²) in [5.74, 6) is -0.275. The van der Waals surface area contributed by atoms with Crippen LogP contribution in [0.5, 0.6) is 5.75 Å². The first kappa shape index (κ1) is 25.6. The van der Waals surface area contributed by atoms with Crippen molar-refractivity contribution >= 4 is 16.9 Å². The van der Waals surface area contributed by atoms with Gasteiger partial charge in [-0.05, 0) is 55.3 Å². The molecule has 5 aromatic rings. The molecule has 6 rings (SSSR count). The molecule has 2 atom stereocenters. The number of rotatable bonds is 7. The molecule has 11 heteroatoms. The van der Waals surface area contributed by atoms with Crippen LogP contribution in [0.15, 0.2) is 67.1 Å². The Morgan fingerprint density at radius 3 is 2.77 bits per heavy atom. The number of pyridine rings is 1. The largest absolute Gasteiger partial charge is 0.496 e. The number of piperidine rings is 1. The number of H-pyrrole nitrogens is 1. The van der Waals surface area contributed by atoms with Crippen molar-refractivity contribution in [3.63, 3.8) is 0 Å². The summed E-state index contributed by atoms with van der Waals surface area (Å²) < 4.78 is 27.0. The maximum absolute atomic E-state index is 14.8. The zero-order valence-electron chi connectivity index (χ0n) is 22.1. The van der Waals surface area contributed by atoms with E-state index < -0.39 is 6.04 Å². The highest BCUT2D eigenvalue weighted by Crippen LogP contribution is 2.33. The zero-order valence-corrected chi connectivity index (χ0v) is 22.1. The number of nitrogens with zero attached hydrogens (tertiary/aromatic N) is 6. The minimum Gasteiger partial charge on any atom is -0.496 e. The molecule has 0 spiro atoms. The average molecular weight is 542 g/mol. The summed E-state index contributed by atoms with van der Waals surface area (Å²) in [7, 11) is 2.88. The number of hydrogen-bond donors (Lipinski definition) is 1. The number of ether oxygens (including phenoxy) is 2. The lowest BCUT2D eigenvalue weighted by Crippen LogP contribution is -2.47. The fraction of sp³-hybridized carbons (Fsp3) is 0.276. The minimum absolute atomic E-state index is 0.00235. The quantitative estimate of drug-likeness (QED) is 0.304. The van der Waals surface area contributed by atoms with Gasteiger partial charge in [-0.15, -0.1) is 5.10 Å². The van der Waals surface area contributed by atoms with Gasteiger partial charge >= 0.3 is 5.97 Å². The highest BCUT2D eigenvalue weighted by molar-refractivity contribution is 5.94.